The van der Waals surface area contributed by atoms with E-state index in [1.54, 1.807) is 31.4 Å². The van der Waals surface area contributed by atoms with Crippen LogP contribution in [0.25, 0.3) is 33.1 Å². The van der Waals surface area contributed by atoms with E-state index in [-0.39, 0.29) is 11.7 Å². The summed E-state index contributed by atoms with van der Waals surface area (Å²) in [6.45, 7) is 0.303. The highest BCUT2D eigenvalue weighted by Crippen LogP contribution is 2.36. The van der Waals surface area contributed by atoms with Crippen molar-refractivity contribution in [2.75, 3.05) is 13.7 Å². The molecule has 0 bridgehead atoms. The van der Waals surface area contributed by atoms with Crippen LogP contribution in [0.15, 0.2) is 78.9 Å². The Labute approximate surface area is 190 Å². The Bertz CT molecular complexity index is 1480. The fraction of sp³-hybridized carbons (Fsp3) is 0.111. The van der Waals surface area contributed by atoms with Crippen LogP contribution in [0.4, 0.5) is 4.39 Å². The van der Waals surface area contributed by atoms with Gasteiger partial charge in [-0.15, -0.1) is 0 Å². The van der Waals surface area contributed by atoms with E-state index in [2.05, 4.69) is 10.3 Å². The number of rotatable bonds is 6. The molecule has 6 heteroatoms. The fourth-order valence-corrected chi connectivity index (χ4v) is 4.10. The largest absolute Gasteiger partial charge is 0.496 e. The van der Waals surface area contributed by atoms with E-state index >= 15 is 0 Å². The molecule has 164 valence electrons. The number of ether oxygens (including phenoxy) is 1. The standard InChI is InChI=1S/C27H22FN3O2/c1-33-24-13-7-4-10-19(24)25-26-20(18-9-3-6-12-22(18)30-26)16-23(31-25)27(32)29-15-14-17-8-2-5-11-21(17)28/h2-13,16,30H,14-15H2,1H3,(H,29,32). The number of pyridine rings is 1. The number of aromatic amines is 1. The van der Waals surface area contributed by atoms with Crippen LogP contribution in [0, 0.1) is 5.82 Å². The summed E-state index contributed by atoms with van der Waals surface area (Å²) >= 11 is 0. The van der Waals surface area contributed by atoms with Crippen molar-refractivity contribution < 1.29 is 13.9 Å². The minimum Gasteiger partial charge on any atom is -0.496 e. The Balaban J connectivity index is 1.55. The molecule has 0 atom stereocenters. The highest BCUT2D eigenvalue weighted by atomic mass is 19.1. The lowest BCUT2D eigenvalue weighted by Crippen LogP contribution is -2.26. The van der Waals surface area contributed by atoms with Crippen LogP contribution in [0.5, 0.6) is 5.75 Å². The van der Waals surface area contributed by atoms with Gasteiger partial charge in [-0.05, 0) is 42.3 Å². The lowest BCUT2D eigenvalue weighted by molar-refractivity contribution is 0.0949. The number of benzene rings is 3. The van der Waals surface area contributed by atoms with Crippen LogP contribution in [0.2, 0.25) is 0 Å². The average Bonchev–Trinajstić information content (AvgIpc) is 3.23. The first-order valence-electron chi connectivity index (χ1n) is 10.7. The molecular weight excluding hydrogens is 417 g/mol. The van der Waals surface area contributed by atoms with Crippen LogP contribution in [0.3, 0.4) is 0 Å². The van der Waals surface area contributed by atoms with Crippen LogP contribution < -0.4 is 10.1 Å². The summed E-state index contributed by atoms with van der Waals surface area (Å²) in [5.74, 6) is 0.0836. The molecule has 0 unspecified atom stereocenters. The van der Waals surface area contributed by atoms with Gasteiger partial charge >= 0.3 is 0 Å². The summed E-state index contributed by atoms with van der Waals surface area (Å²) < 4.78 is 19.5. The molecule has 5 nitrogen and oxygen atoms in total. The van der Waals surface area contributed by atoms with E-state index in [0.717, 1.165) is 27.4 Å². The molecule has 5 aromatic rings. The van der Waals surface area contributed by atoms with Crippen molar-refractivity contribution in [2.45, 2.75) is 6.42 Å². The van der Waals surface area contributed by atoms with Crippen molar-refractivity contribution >= 4 is 27.7 Å². The van der Waals surface area contributed by atoms with Crippen molar-refractivity contribution in [3.63, 3.8) is 0 Å². The zero-order valence-corrected chi connectivity index (χ0v) is 18.1. The van der Waals surface area contributed by atoms with E-state index in [1.807, 2.05) is 48.5 Å². The van der Waals surface area contributed by atoms with Gasteiger partial charge in [0.15, 0.2) is 0 Å². The molecule has 2 N–H and O–H groups in total. The van der Waals surface area contributed by atoms with Gasteiger partial charge in [0, 0.05) is 28.4 Å². The molecule has 0 spiro atoms. The monoisotopic (exact) mass is 439 g/mol. The topological polar surface area (TPSA) is 67.0 Å². The molecule has 2 heterocycles. The second-order valence-electron chi connectivity index (χ2n) is 7.75. The summed E-state index contributed by atoms with van der Waals surface area (Å²) in [5, 5.41) is 4.79. The van der Waals surface area contributed by atoms with Crippen molar-refractivity contribution in [2.24, 2.45) is 0 Å². The average molecular weight is 439 g/mol. The van der Waals surface area contributed by atoms with E-state index in [0.29, 0.717) is 35.7 Å². The number of hydrogen-bond donors (Lipinski definition) is 2. The molecular formula is C27H22FN3O2. The number of halogens is 1. The fourth-order valence-electron chi connectivity index (χ4n) is 4.10. The van der Waals surface area contributed by atoms with Gasteiger partial charge in [0.05, 0.1) is 18.3 Å². The van der Waals surface area contributed by atoms with Gasteiger partial charge in [-0.25, -0.2) is 9.37 Å². The lowest BCUT2D eigenvalue weighted by atomic mass is 10.1. The van der Waals surface area contributed by atoms with Crippen molar-refractivity contribution in [1.29, 1.82) is 0 Å². The number of nitrogens with one attached hydrogen (secondary N) is 2. The van der Waals surface area contributed by atoms with Gasteiger partial charge in [-0.1, -0.05) is 48.5 Å². The van der Waals surface area contributed by atoms with Crippen molar-refractivity contribution in [1.82, 2.24) is 15.3 Å². The highest BCUT2D eigenvalue weighted by Gasteiger charge is 2.19. The number of hydrogen-bond acceptors (Lipinski definition) is 3. The lowest BCUT2D eigenvalue weighted by Gasteiger charge is -2.11. The van der Waals surface area contributed by atoms with Crippen LogP contribution >= 0.6 is 0 Å². The number of para-hydroxylation sites is 2. The van der Waals surface area contributed by atoms with Gasteiger partial charge in [-0.2, -0.15) is 0 Å². The Morgan fingerprint density at radius 2 is 1.76 bits per heavy atom. The Kier molecular flexibility index (Phi) is 5.48. The molecule has 0 saturated carbocycles. The molecule has 3 aromatic carbocycles. The summed E-state index contributed by atoms with van der Waals surface area (Å²) in [6, 6.07) is 23.9. The van der Waals surface area contributed by atoms with E-state index in [4.69, 9.17) is 9.72 Å². The smallest absolute Gasteiger partial charge is 0.269 e. The summed E-state index contributed by atoms with van der Waals surface area (Å²) in [7, 11) is 1.61. The zero-order valence-electron chi connectivity index (χ0n) is 18.1. The third-order valence-electron chi connectivity index (χ3n) is 5.73. The molecule has 0 aliphatic rings. The number of nitrogens with zero attached hydrogens (tertiary/aromatic N) is 1. The Morgan fingerprint density at radius 1 is 1.00 bits per heavy atom. The third kappa shape index (κ3) is 3.91. The van der Waals surface area contributed by atoms with E-state index in [9.17, 15) is 9.18 Å². The van der Waals surface area contributed by atoms with Gasteiger partial charge in [0.25, 0.3) is 5.91 Å². The summed E-state index contributed by atoms with van der Waals surface area (Å²) in [6.07, 6.45) is 0.396. The van der Waals surface area contributed by atoms with Crippen molar-refractivity contribution in [3.8, 4) is 17.0 Å². The predicted molar refractivity (Wildman–Crippen MR) is 128 cm³/mol. The van der Waals surface area contributed by atoms with E-state index < -0.39 is 0 Å². The molecule has 1 amide bonds. The first-order valence-corrected chi connectivity index (χ1v) is 10.7. The first-order chi connectivity index (χ1) is 16.2. The first kappa shape index (κ1) is 20.7. The predicted octanol–water partition coefficient (Wildman–Crippen LogP) is 5.50. The maximum atomic E-state index is 13.9. The SMILES string of the molecule is COc1ccccc1-c1nc(C(=O)NCCc2ccccc2F)cc2c1[nH]c1ccccc12. The molecule has 0 saturated heterocycles. The minimum atomic E-state index is -0.310. The van der Waals surface area contributed by atoms with Crippen LogP contribution in [-0.2, 0) is 6.42 Å². The number of fused-ring (bicyclic) bond motifs is 3. The van der Waals surface area contributed by atoms with Gasteiger partial charge in [0.1, 0.15) is 17.3 Å². The molecule has 33 heavy (non-hydrogen) atoms. The van der Waals surface area contributed by atoms with Crippen LogP contribution in [0.1, 0.15) is 16.1 Å². The number of carbonyl (C=O) groups excluding carboxylic acids is 1. The van der Waals surface area contributed by atoms with Gasteiger partial charge in [-0.3, -0.25) is 4.79 Å². The molecule has 5 rings (SSSR count). The molecule has 2 aromatic heterocycles. The Morgan fingerprint density at radius 3 is 2.61 bits per heavy atom. The third-order valence-corrected chi connectivity index (χ3v) is 5.73. The summed E-state index contributed by atoms with van der Waals surface area (Å²) in [5.41, 5.74) is 4.08. The van der Waals surface area contributed by atoms with Gasteiger partial charge < -0.3 is 15.0 Å². The quantitative estimate of drug-likeness (QED) is 0.367. The maximum absolute atomic E-state index is 13.9. The highest BCUT2D eigenvalue weighted by molar-refractivity contribution is 6.13. The number of aromatic nitrogens is 2. The molecule has 0 fully saturated rings. The van der Waals surface area contributed by atoms with Crippen LogP contribution in [-0.4, -0.2) is 29.5 Å². The van der Waals surface area contributed by atoms with Crippen molar-refractivity contribution in [3.05, 3.63) is 95.9 Å². The maximum Gasteiger partial charge on any atom is 0.269 e. The number of H-pyrrole nitrogens is 1. The second-order valence-corrected chi connectivity index (χ2v) is 7.75. The minimum absolute atomic E-state index is 0.274. The normalized spacial score (nSPS) is 11.1. The number of methoxy groups -OCH3 is 1. The molecule has 0 aliphatic carbocycles. The zero-order chi connectivity index (χ0) is 22.8. The summed E-state index contributed by atoms with van der Waals surface area (Å²) in [4.78, 5) is 21.2. The Hall–Kier alpha value is -4.19. The molecule has 0 radical (unpaired) electrons. The second kappa shape index (κ2) is 8.74. The number of amides is 1. The number of carbonyl (C=O) groups is 1. The van der Waals surface area contributed by atoms with E-state index in [1.165, 1.54) is 6.07 Å². The molecule has 0 aliphatic heterocycles. The van der Waals surface area contributed by atoms with Gasteiger partial charge in [0.2, 0.25) is 0 Å².